The summed E-state index contributed by atoms with van der Waals surface area (Å²) in [5, 5.41) is 0.720. The maximum Gasteiger partial charge on any atom is 0.258 e. The highest BCUT2D eigenvalue weighted by atomic mass is 35.5. The van der Waals surface area contributed by atoms with Crippen LogP contribution in [0.25, 0.3) is 16.0 Å². The summed E-state index contributed by atoms with van der Waals surface area (Å²) >= 11 is 11.9. The van der Waals surface area contributed by atoms with Gasteiger partial charge in [-0.05, 0) is 67.9 Å². The molecular formula is C27H26ClN4O2S+. The van der Waals surface area contributed by atoms with Crippen LogP contribution >= 0.6 is 23.8 Å². The van der Waals surface area contributed by atoms with Crippen molar-refractivity contribution in [1.82, 2.24) is 4.90 Å². The van der Waals surface area contributed by atoms with Gasteiger partial charge in [0.1, 0.15) is 18.3 Å². The zero-order valence-corrected chi connectivity index (χ0v) is 21.4. The highest BCUT2D eigenvalue weighted by Gasteiger charge is 2.49. The van der Waals surface area contributed by atoms with Gasteiger partial charge >= 0.3 is 0 Å². The number of hydrogen-bond donors (Lipinski definition) is 0. The Morgan fingerprint density at radius 2 is 1.74 bits per heavy atom. The number of hydrogen-bond acceptors (Lipinski definition) is 3. The second-order valence-electron chi connectivity index (χ2n) is 8.86. The van der Waals surface area contributed by atoms with E-state index in [1.54, 1.807) is 18.2 Å². The molecule has 0 N–H and O–H groups in total. The van der Waals surface area contributed by atoms with Gasteiger partial charge in [-0.2, -0.15) is 0 Å². The highest BCUT2D eigenvalue weighted by Crippen LogP contribution is 2.36. The minimum absolute atomic E-state index is 0.125. The van der Waals surface area contributed by atoms with Crippen molar-refractivity contribution in [2.24, 2.45) is 7.05 Å². The molecule has 1 fully saturated rings. The van der Waals surface area contributed by atoms with E-state index in [-0.39, 0.29) is 5.91 Å². The van der Waals surface area contributed by atoms with Gasteiger partial charge in [0.2, 0.25) is 5.69 Å². The molecule has 0 spiro atoms. The number of halogens is 1. The summed E-state index contributed by atoms with van der Waals surface area (Å²) in [6.45, 7) is 12.0. The van der Waals surface area contributed by atoms with Gasteiger partial charge in [0.15, 0.2) is 17.5 Å². The van der Waals surface area contributed by atoms with Gasteiger partial charge < -0.3 is 9.64 Å². The average molecular weight is 506 g/mol. The fourth-order valence-electron chi connectivity index (χ4n) is 4.01. The molecule has 1 saturated heterocycles. The number of thiocarbonyl (C=S) groups is 1. The molecule has 0 aliphatic carbocycles. The van der Waals surface area contributed by atoms with E-state index in [9.17, 15) is 4.79 Å². The summed E-state index contributed by atoms with van der Waals surface area (Å²) < 4.78 is 7.94. The summed E-state index contributed by atoms with van der Waals surface area (Å²) in [5.74, 6) is 0.672. The Morgan fingerprint density at radius 3 is 2.37 bits per heavy atom. The molecule has 1 aliphatic heterocycles. The number of ether oxygens (including phenoxy) is 1. The Labute approximate surface area is 216 Å². The number of amides is 1. The molecule has 0 saturated carbocycles. The van der Waals surface area contributed by atoms with Crippen molar-refractivity contribution >= 4 is 46.2 Å². The maximum absolute atomic E-state index is 13.2. The molecule has 8 heteroatoms. The summed E-state index contributed by atoms with van der Waals surface area (Å²) in [6.07, 6.45) is 4.74. The van der Waals surface area contributed by atoms with Crippen molar-refractivity contribution in [2.45, 2.75) is 25.8 Å². The minimum Gasteiger partial charge on any atom is -0.494 e. The van der Waals surface area contributed by atoms with Crippen LogP contribution in [0.15, 0.2) is 67.0 Å². The van der Waals surface area contributed by atoms with Crippen LogP contribution < -0.4 is 14.2 Å². The third kappa shape index (κ3) is 5.00. The Balaban J connectivity index is 1.36. The Hall–Kier alpha value is -3.47. The van der Waals surface area contributed by atoms with Crippen molar-refractivity contribution in [3.8, 4) is 16.9 Å². The lowest BCUT2D eigenvalue weighted by molar-refractivity contribution is -0.671. The SMILES string of the molecule is [C-]#[N+]c1ccc(N2C(=O)C(C)(C)N(CCCOc3ccc(-c4cc[n+](C)cc4)cc3)C2=S)cc1Cl. The summed E-state index contributed by atoms with van der Waals surface area (Å²) in [6, 6.07) is 17.1. The Morgan fingerprint density at radius 1 is 1.09 bits per heavy atom. The fraction of sp³-hybridized carbons (Fsp3) is 0.259. The molecule has 0 radical (unpaired) electrons. The van der Waals surface area contributed by atoms with Crippen LogP contribution in [-0.4, -0.2) is 34.6 Å². The highest BCUT2D eigenvalue weighted by molar-refractivity contribution is 7.80. The van der Waals surface area contributed by atoms with Gasteiger partial charge in [-0.25, -0.2) is 9.41 Å². The number of benzene rings is 2. The Bertz CT molecular complexity index is 1300. The van der Waals surface area contributed by atoms with E-state index in [1.807, 2.05) is 67.0 Å². The second kappa shape index (κ2) is 10.0. The normalized spacial score (nSPS) is 14.8. The molecule has 35 heavy (non-hydrogen) atoms. The first-order valence-electron chi connectivity index (χ1n) is 11.2. The van der Waals surface area contributed by atoms with Crippen molar-refractivity contribution in [2.75, 3.05) is 18.1 Å². The minimum atomic E-state index is -0.796. The van der Waals surface area contributed by atoms with E-state index in [0.29, 0.717) is 41.1 Å². The Kier molecular flexibility index (Phi) is 7.06. The molecule has 0 bridgehead atoms. The van der Waals surface area contributed by atoms with Crippen molar-refractivity contribution in [3.63, 3.8) is 0 Å². The summed E-state index contributed by atoms with van der Waals surface area (Å²) in [7, 11) is 1.99. The van der Waals surface area contributed by atoms with Crippen LogP contribution in [-0.2, 0) is 11.8 Å². The number of nitrogens with zero attached hydrogens (tertiary/aromatic N) is 4. The van der Waals surface area contributed by atoms with Crippen molar-refractivity contribution in [3.05, 3.63) is 83.4 Å². The second-order valence-corrected chi connectivity index (χ2v) is 9.63. The number of carbonyl (C=O) groups excluding carboxylic acids is 1. The first-order valence-corrected chi connectivity index (χ1v) is 12.0. The predicted octanol–water partition coefficient (Wildman–Crippen LogP) is 5.56. The van der Waals surface area contributed by atoms with Gasteiger partial charge in [0, 0.05) is 23.7 Å². The smallest absolute Gasteiger partial charge is 0.258 e. The van der Waals surface area contributed by atoms with Gasteiger partial charge in [0.25, 0.3) is 5.91 Å². The van der Waals surface area contributed by atoms with Crippen LogP contribution in [0, 0.1) is 6.57 Å². The molecule has 0 atom stereocenters. The molecular weight excluding hydrogens is 480 g/mol. The molecule has 2 aromatic carbocycles. The molecule has 1 aromatic heterocycles. The lowest BCUT2D eigenvalue weighted by Crippen LogP contribution is -2.44. The number of carbonyl (C=O) groups is 1. The van der Waals surface area contributed by atoms with E-state index in [1.165, 1.54) is 4.90 Å². The lowest BCUT2D eigenvalue weighted by atomic mass is 10.0. The van der Waals surface area contributed by atoms with E-state index >= 15 is 0 Å². The van der Waals surface area contributed by atoms with Crippen LogP contribution in [0.3, 0.4) is 0 Å². The van der Waals surface area contributed by atoms with Crippen LogP contribution in [0.4, 0.5) is 11.4 Å². The van der Waals surface area contributed by atoms with Crippen molar-refractivity contribution < 1.29 is 14.1 Å². The number of rotatable bonds is 7. The molecule has 1 aliphatic rings. The molecule has 6 nitrogen and oxygen atoms in total. The first-order chi connectivity index (χ1) is 16.7. The van der Waals surface area contributed by atoms with Crippen LogP contribution in [0.1, 0.15) is 20.3 Å². The van der Waals surface area contributed by atoms with Crippen molar-refractivity contribution in [1.29, 1.82) is 0 Å². The van der Waals surface area contributed by atoms with Gasteiger partial charge in [0.05, 0.1) is 18.9 Å². The summed E-state index contributed by atoms with van der Waals surface area (Å²) in [4.78, 5) is 20.0. The average Bonchev–Trinajstić information content (AvgIpc) is 3.01. The molecule has 1 amide bonds. The molecule has 178 valence electrons. The predicted molar refractivity (Wildman–Crippen MR) is 142 cm³/mol. The third-order valence-corrected chi connectivity index (χ3v) is 6.80. The number of pyridine rings is 1. The number of aromatic nitrogens is 1. The van der Waals surface area contributed by atoms with Crippen LogP contribution in [0.5, 0.6) is 5.75 Å². The lowest BCUT2D eigenvalue weighted by Gasteiger charge is -2.29. The monoisotopic (exact) mass is 505 g/mol. The zero-order valence-electron chi connectivity index (χ0n) is 19.9. The third-order valence-electron chi connectivity index (χ3n) is 6.09. The van der Waals surface area contributed by atoms with E-state index in [0.717, 1.165) is 16.9 Å². The fourth-order valence-corrected chi connectivity index (χ4v) is 4.74. The quantitative estimate of drug-likeness (QED) is 0.182. The summed E-state index contributed by atoms with van der Waals surface area (Å²) in [5.41, 5.74) is 2.39. The molecule has 0 unspecified atom stereocenters. The van der Waals surface area contributed by atoms with Crippen LogP contribution in [0.2, 0.25) is 5.02 Å². The van der Waals surface area contributed by atoms with E-state index in [2.05, 4.69) is 17.0 Å². The number of anilines is 1. The topological polar surface area (TPSA) is 41.0 Å². The van der Waals surface area contributed by atoms with Gasteiger partial charge in [-0.15, -0.1) is 0 Å². The number of aryl methyl sites for hydroxylation is 1. The van der Waals surface area contributed by atoms with Gasteiger partial charge in [-0.3, -0.25) is 9.69 Å². The van der Waals surface area contributed by atoms with E-state index in [4.69, 9.17) is 35.1 Å². The molecule has 4 rings (SSSR count). The standard InChI is InChI=1S/C27H26ClN4O2S/c1-27(2)25(33)32(21-8-11-24(29-3)23(28)18-21)26(35)31(27)14-5-17-34-22-9-6-19(7-10-22)20-12-15-30(4)16-13-20/h6-13,15-16,18H,5,14,17H2,1-2,4H3/q+1. The first kappa shape index (κ1) is 24.6. The van der Waals surface area contributed by atoms with Gasteiger partial charge in [-0.1, -0.05) is 29.8 Å². The zero-order chi connectivity index (χ0) is 25.2. The largest absolute Gasteiger partial charge is 0.494 e. The molecule has 2 heterocycles. The maximum atomic E-state index is 13.2. The van der Waals surface area contributed by atoms with E-state index < -0.39 is 5.54 Å². The molecule has 3 aromatic rings.